The first kappa shape index (κ1) is 21.5. The minimum Gasteiger partial charge on any atom is -0.545 e. The Labute approximate surface area is 167 Å². The summed E-state index contributed by atoms with van der Waals surface area (Å²) in [5.74, 6) is -2.45. The van der Waals surface area contributed by atoms with Gasteiger partial charge in [0.1, 0.15) is 6.61 Å². The number of nitrogens with one attached hydrogen (secondary N) is 1. The van der Waals surface area contributed by atoms with Crippen LogP contribution in [0.5, 0.6) is 5.88 Å². The van der Waals surface area contributed by atoms with Crippen molar-refractivity contribution in [3.63, 3.8) is 0 Å². The van der Waals surface area contributed by atoms with Crippen LogP contribution in [0.1, 0.15) is 12.8 Å². The fraction of sp³-hybridized carbons (Fsp3) is 0.316. The molecule has 8 nitrogen and oxygen atoms in total. The van der Waals surface area contributed by atoms with E-state index in [2.05, 4.69) is 15.1 Å². The molecule has 9 heteroatoms. The average Bonchev–Trinajstić information content (AvgIpc) is 3.33. The zero-order chi connectivity index (χ0) is 20.4. The number of H-pyrrole nitrogens is 1. The molecule has 28 heavy (non-hydrogen) atoms. The van der Waals surface area contributed by atoms with Crippen molar-refractivity contribution in [1.82, 2.24) is 15.1 Å². The maximum absolute atomic E-state index is 9.41. The number of rotatable bonds is 7. The number of hydrogen-bond acceptors (Lipinski definition) is 7. The van der Waals surface area contributed by atoms with Crippen molar-refractivity contribution >= 4 is 23.5 Å². The van der Waals surface area contributed by atoms with E-state index in [1.165, 1.54) is 25.9 Å². The molecule has 1 fully saturated rings. The lowest BCUT2D eigenvalue weighted by Gasteiger charge is -2.13. The van der Waals surface area contributed by atoms with Crippen LogP contribution in [-0.2, 0) is 9.59 Å². The third-order valence-corrected chi connectivity index (χ3v) is 4.17. The van der Waals surface area contributed by atoms with Crippen LogP contribution in [0.15, 0.2) is 42.5 Å². The van der Waals surface area contributed by atoms with E-state index in [1.54, 1.807) is 0 Å². The largest absolute Gasteiger partial charge is 0.545 e. The molecular weight excluding hydrogens is 386 g/mol. The van der Waals surface area contributed by atoms with Gasteiger partial charge in [0.25, 0.3) is 0 Å². The highest BCUT2D eigenvalue weighted by molar-refractivity contribution is 6.30. The second-order valence-corrected chi connectivity index (χ2v) is 6.43. The summed E-state index contributed by atoms with van der Waals surface area (Å²) in [7, 11) is 0. The van der Waals surface area contributed by atoms with Crippen molar-refractivity contribution in [2.24, 2.45) is 0 Å². The summed E-state index contributed by atoms with van der Waals surface area (Å²) >= 11 is 5.88. The number of carboxylic acid groups (broad SMARTS) is 2. The third-order valence-electron chi connectivity index (χ3n) is 3.92. The highest BCUT2D eigenvalue weighted by atomic mass is 35.5. The van der Waals surface area contributed by atoms with Crippen LogP contribution in [0, 0.1) is 0 Å². The number of aliphatic carboxylic acids is 2. The van der Waals surface area contributed by atoms with E-state index in [0.29, 0.717) is 24.6 Å². The summed E-state index contributed by atoms with van der Waals surface area (Å²) in [5.41, 5.74) is 1.99. The molecule has 1 aromatic heterocycles. The Kier molecular flexibility index (Phi) is 8.51. The number of carboxylic acids is 2. The monoisotopic (exact) mass is 405 g/mol. The summed E-state index contributed by atoms with van der Waals surface area (Å²) < 4.78 is 5.68. The maximum atomic E-state index is 9.41. The standard InChI is InChI=1S/C15H18ClN3O.C4H4O4/c16-13-5-3-12(4-6-13)14-11-15(18-17-14)20-10-9-19-7-1-2-8-19;5-3(6)1-2-4(7)8/h3-6,11H,1-2,7-10H2,(H,17,18);1-2H,(H,5,6)(H,7,8)/p-2/b;2-1-. The number of ether oxygens (including phenoxy) is 1. The fourth-order valence-electron chi connectivity index (χ4n) is 2.58. The topological polar surface area (TPSA) is 121 Å². The highest BCUT2D eigenvalue weighted by Gasteiger charge is 2.11. The van der Waals surface area contributed by atoms with Gasteiger partial charge in [0.15, 0.2) is 0 Å². The number of carbonyl (C=O) groups is 2. The van der Waals surface area contributed by atoms with Gasteiger partial charge in [-0.25, -0.2) is 0 Å². The van der Waals surface area contributed by atoms with E-state index in [9.17, 15) is 19.8 Å². The summed E-state index contributed by atoms with van der Waals surface area (Å²) in [6.07, 6.45) is 3.39. The number of likely N-dealkylation sites (tertiary alicyclic amines) is 1. The van der Waals surface area contributed by atoms with Crippen LogP contribution >= 0.6 is 11.6 Å². The van der Waals surface area contributed by atoms with Gasteiger partial charge < -0.3 is 24.5 Å². The fourth-order valence-corrected chi connectivity index (χ4v) is 2.70. The molecule has 0 atom stereocenters. The Bertz CT molecular complexity index is 782. The molecule has 3 rings (SSSR count). The third kappa shape index (κ3) is 7.81. The SMILES string of the molecule is Clc1ccc(-c2cc(OCCN3CCCC3)n[nH]2)cc1.O=C([O-])/C=C\C(=O)[O-]. The molecule has 1 aliphatic heterocycles. The number of hydrogen-bond donors (Lipinski definition) is 1. The van der Waals surface area contributed by atoms with Crippen molar-refractivity contribution < 1.29 is 24.5 Å². The predicted octanol–water partition coefficient (Wildman–Crippen LogP) is 0.247. The van der Waals surface area contributed by atoms with Gasteiger partial charge in [-0.2, -0.15) is 0 Å². The molecule has 2 heterocycles. The molecule has 0 amide bonds. The van der Waals surface area contributed by atoms with Crippen molar-refractivity contribution in [3.8, 4) is 17.1 Å². The average molecular weight is 406 g/mol. The van der Waals surface area contributed by atoms with E-state index in [0.717, 1.165) is 22.8 Å². The number of nitrogens with zero attached hydrogens (tertiary/aromatic N) is 2. The van der Waals surface area contributed by atoms with E-state index < -0.39 is 11.9 Å². The molecular formula is C19H20ClN3O5-2. The lowest BCUT2D eigenvalue weighted by Crippen LogP contribution is -2.25. The minimum atomic E-state index is -1.55. The zero-order valence-corrected chi connectivity index (χ0v) is 15.9. The normalized spacial score (nSPS) is 13.9. The number of aromatic nitrogens is 2. The summed E-state index contributed by atoms with van der Waals surface area (Å²) in [6, 6.07) is 9.58. The molecule has 0 aliphatic carbocycles. The molecule has 0 radical (unpaired) electrons. The molecule has 1 aliphatic rings. The molecule has 1 saturated heterocycles. The van der Waals surface area contributed by atoms with E-state index in [1.807, 2.05) is 30.3 Å². The Morgan fingerprint density at radius 3 is 2.32 bits per heavy atom. The van der Waals surface area contributed by atoms with Crippen LogP contribution in [0.2, 0.25) is 5.02 Å². The van der Waals surface area contributed by atoms with Crippen molar-refractivity contribution in [1.29, 1.82) is 0 Å². The molecule has 2 aromatic rings. The van der Waals surface area contributed by atoms with Gasteiger partial charge in [-0.15, -0.1) is 5.10 Å². The maximum Gasteiger partial charge on any atom is 0.233 e. The number of halogens is 1. The van der Waals surface area contributed by atoms with Crippen LogP contribution in [0.4, 0.5) is 0 Å². The second kappa shape index (κ2) is 11.1. The number of carbonyl (C=O) groups excluding carboxylic acids is 2. The van der Waals surface area contributed by atoms with Crippen LogP contribution in [0.25, 0.3) is 11.3 Å². The lowest BCUT2D eigenvalue weighted by molar-refractivity contribution is -0.301. The first-order valence-corrected chi connectivity index (χ1v) is 9.08. The summed E-state index contributed by atoms with van der Waals surface area (Å²) in [6.45, 7) is 4.05. The smallest absolute Gasteiger partial charge is 0.233 e. The number of aromatic amines is 1. The lowest BCUT2D eigenvalue weighted by atomic mass is 10.2. The quantitative estimate of drug-likeness (QED) is 0.655. The van der Waals surface area contributed by atoms with Crippen molar-refractivity contribution in [2.45, 2.75) is 12.8 Å². The van der Waals surface area contributed by atoms with Gasteiger partial charge in [0.05, 0.1) is 17.6 Å². The van der Waals surface area contributed by atoms with Crippen molar-refractivity contribution in [3.05, 3.63) is 47.5 Å². The molecule has 150 valence electrons. The first-order chi connectivity index (χ1) is 13.4. The Hall–Kier alpha value is -2.84. The molecule has 1 aromatic carbocycles. The summed E-state index contributed by atoms with van der Waals surface area (Å²) in [5, 5.41) is 26.7. The molecule has 0 unspecified atom stereocenters. The van der Waals surface area contributed by atoms with Gasteiger partial charge in [0.2, 0.25) is 5.88 Å². The predicted molar refractivity (Wildman–Crippen MR) is 99.4 cm³/mol. The summed E-state index contributed by atoms with van der Waals surface area (Å²) in [4.78, 5) is 21.3. The minimum absolute atomic E-state index is 0.384. The van der Waals surface area contributed by atoms with Crippen LogP contribution in [0.3, 0.4) is 0 Å². The van der Waals surface area contributed by atoms with Crippen LogP contribution in [-0.4, -0.2) is 53.3 Å². The van der Waals surface area contributed by atoms with Gasteiger partial charge in [-0.1, -0.05) is 23.7 Å². The van der Waals surface area contributed by atoms with Crippen molar-refractivity contribution in [2.75, 3.05) is 26.2 Å². The molecule has 0 spiro atoms. The zero-order valence-electron chi connectivity index (χ0n) is 15.1. The Balaban J connectivity index is 0.000000300. The van der Waals surface area contributed by atoms with E-state index >= 15 is 0 Å². The van der Waals surface area contributed by atoms with E-state index in [4.69, 9.17) is 16.3 Å². The van der Waals surface area contributed by atoms with E-state index in [-0.39, 0.29) is 0 Å². The Morgan fingerprint density at radius 2 is 1.75 bits per heavy atom. The molecule has 0 saturated carbocycles. The molecule has 0 bridgehead atoms. The van der Waals surface area contributed by atoms with Gasteiger partial charge >= 0.3 is 0 Å². The Morgan fingerprint density at radius 1 is 1.14 bits per heavy atom. The van der Waals surface area contributed by atoms with Gasteiger partial charge in [-0.3, -0.25) is 10.00 Å². The number of benzene rings is 1. The van der Waals surface area contributed by atoms with Gasteiger partial charge in [-0.05, 0) is 55.8 Å². The highest BCUT2D eigenvalue weighted by Crippen LogP contribution is 2.22. The van der Waals surface area contributed by atoms with Gasteiger partial charge in [0, 0.05) is 17.6 Å². The second-order valence-electron chi connectivity index (χ2n) is 6.00. The van der Waals surface area contributed by atoms with Crippen LogP contribution < -0.4 is 14.9 Å². The molecule has 1 N–H and O–H groups in total. The first-order valence-electron chi connectivity index (χ1n) is 8.70.